The molecule has 0 fully saturated rings. The van der Waals surface area contributed by atoms with Crippen molar-refractivity contribution in [1.29, 1.82) is 0 Å². The first-order chi connectivity index (χ1) is 8.71. The molecule has 0 aromatic heterocycles. The zero-order valence-electron chi connectivity index (χ0n) is 11.7. The molecule has 0 bridgehead atoms. The van der Waals surface area contributed by atoms with Crippen molar-refractivity contribution < 1.29 is 8.42 Å². The number of hydrogen-bond acceptors (Lipinski definition) is 3. The van der Waals surface area contributed by atoms with Gasteiger partial charge in [-0.15, -0.1) is 0 Å². The Morgan fingerprint density at radius 2 is 1.58 bits per heavy atom. The van der Waals surface area contributed by atoms with Crippen LogP contribution in [0.15, 0.2) is 34.2 Å². The summed E-state index contributed by atoms with van der Waals surface area (Å²) in [6.45, 7) is 0.483. The lowest BCUT2D eigenvalue weighted by Crippen LogP contribution is -2.35. The van der Waals surface area contributed by atoms with E-state index >= 15 is 0 Å². The molecule has 0 saturated heterocycles. The molecule has 0 amide bonds. The minimum absolute atomic E-state index is 0.112. The van der Waals surface area contributed by atoms with E-state index in [1.54, 1.807) is 12.1 Å². The molecule has 0 aliphatic heterocycles. The third kappa shape index (κ3) is 4.53. The van der Waals surface area contributed by atoms with Gasteiger partial charge in [0.25, 0.3) is 0 Å². The molecule has 0 spiro atoms. The molecular weight excluding hydrogens is 264 g/mol. The highest BCUT2D eigenvalue weighted by molar-refractivity contribution is 7.89. The molecule has 0 unspecified atom stereocenters. The second-order valence-electron chi connectivity index (χ2n) is 4.59. The van der Waals surface area contributed by atoms with Crippen LogP contribution in [0.3, 0.4) is 0 Å². The van der Waals surface area contributed by atoms with E-state index in [1.165, 1.54) is 12.1 Å². The number of sulfonamides is 1. The van der Waals surface area contributed by atoms with E-state index in [2.05, 4.69) is 4.99 Å². The summed E-state index contributed by atoms with van der Waals surface area (Å²) in [4.78, 5) is 8.42. The van der Waals surface area contributed by atoms with Crippen LogP contribution in [0.5, 0.6) is 0 Å². The first-order valence-electron chi connectivity index (χ1n) is 5.72. The van der Waals surface area contributed by atoms with Gasteiger partial charge in [-0.1, -0.05) is 12.1 Å². The highest BCUT2D eigenvalue weighted by atomic mass is 32.2. The van der Waals surface area contributed by atoms with E-state index in [-0.39, 0.29) is 4.90 Å². The zero-order valence-corrected chi connectivity index (χ0v) is 12.5. The van der Waals surface area contributed by atoms with Crippen molar-refractivity contribution in [2.24, 2.45) is 10.1 Å². The number of rotatable bonds is 3. The number of guanidine groups is 1. The molecule has 0 aliphatic carbocycles. The second kappa shape index (κ2) is 6.03. The molecule has 1 aromatic carbocycles. The zero-order chi connectivity index (χ0) is 14.6. The molecular formula is C12H20N4O2S. The Balaban J connectivity index is 2.87. The van der Waals surface area contributed by atoms with E-state index in [0.29, 0.717) is 6.54 Å². The van der Waals surface area contributed by atoms with Crippen LogP contribution >= 0.6 is 0 Å². The number of benzene rings is 1. The fraction of sp³-hybridized carbons (Fsp3) is 0.417. The van der Waals surface area contributed by atoms with Crippen LogP contribution < -0.4 is 5.14 Å². The average molecular weight is 284 g/mol. The van der Waals surface area contributed by atoms with E-state index in [1.807, 2.05) is 38.0 Å². The van der Waals surface area contributed by atoms with Gasteiger partial charge in [0.1, 0.15) is 0 Å². The molecule has 7 heteroatoms. The molecule has 1 rings (SSSR count). The van der Waals surface area contributed by atoms with Crippen LogP contribution in [0.25, 0.3) is 0 Å². The topological polar surface area (TPSA) is 79.0 Å². The van der Waals surface area contributed by atoms with Gasteiger partial charge in [0, 0.05) is 28.2 Å². The third-order valence-electron chi connectivity index (χ3n) is 2.45. The summed E-state index contributed by atoms with van der Waals surface area (Å²) < 4.78 is 22.3. The van der Waals surface area contributed by atoms with Crippen LogP contribution in [0.1, 0.15) is 5.56 Å². The smallest absolute Gasteiger partial charge is 0.238 e. The van der Waals surface area contributed by atoms with Crippen molar-refractivity contribution in [3.8, 4) is 0 Å². The summed E-state index contributed by atoms with van der Waals surface area (Å²) in [7, 11) is 4.05. The fourth-order valence-electron chi connectivity index (χ4n) is 1.63. The van der Waals surface area contributed by atoms with Gasteiger partial charge in [0.15, 0.2) is 5.96 Å². The summed E-state index contributed by atoms with van der Waals surface area (Å²) in [5.74, 6) is 0.843. The van der Waals surface area contributed by atoms with Gasteiger partial charge < -0.3 is 9.80 Å². The summed E-state index contributed by atoms with van der Waals surface area (Å²) in [5.41, 5.74) is 0.925. The summed E-state index contributed by atoms with van der Waals surface area (Å²) in [6.07, 6.45) is 0. The molecule has 19 heavy (non-hydrogen) atoms. The number of primary sulfonamides is 1. The van der Waals surface area contributed by atoms with Gasteiger partial charge in [-0.3, -0.25) is 0 Å². The van der Waals surface area contributed by atoms with Crippen molar-refractivity contribution in [3.05, 3.63) is 29.8 Å². The number of aliphatic imine (C=N–C) groups is 1. The Bertz CT molecular complexity index is 538. The van der Waals surface area contributed by atoms with Crippen LogP contribution in [0.2, 0.25) is 0 Å². The summed E-state index contributed by atoms with van der Waals surface area (Å²) >= 11 is 0. The van der Waals surface area contributed by atoms with E-state index < -0.39 is 10.0 Å². The molecule has 0 aliphatic rings. The SMILES string of the molecule is CN(C)C(=NCc1ccc(S(N)(=O)=O)cc1)N(C)C. The van der Waals surface area contributed by atoms with Gasteiger partial charge in [-0.2, -0.15) is 0 Å². The number of nitrogens with zero attached hydrogens (tertiary/aromatic N) is 3. The number of hydrogen-bond donors (Lipinski definition) is 1. The predicted molar refractivity (Wildman–Crippen MR) is 76.3 cm³/mol. The van der Waals surface area contributed by atoms with Crippen molar-refractivity contribution in [2.45, 2.75) is 11.4 Å². The Hall–Kier alpha value is -1.60. The second-order valence-corrected chi connectivity index (χ2v) is 6.16. The average Bonchev–Trinajstić information content (AvgIpc) is 2.27. The summed E-state index contributed by atoms with van der Waals surface area (Å²) in [5, 5.41) is 5.04. The van der Waals surface area contributed by atoms with E-state index in [0.717, 1.165) is 11.5 Å². The van der Waals surface area contributed by atoms with Gasteiger partial charge >= 0.3 is 0 Å². The minimum Gasteiger partial charge on any atom is -0.349 e. The lowest BCUT2D eigenvalue weighted by atomic mass is 10.2. The lowest BCUT2D eigenvalue weighted by molar-refractivity contribution is 0.479. The predicted octanol–water partition coefficient (Wildman–Crippen LogP) is 0.313. The van der Waals surface area contributed by atoms with E-state index in [9.17, 15) is 8.42 Å². The van der Waals surface area contributed by atoms with Crippen molar-refractivity contribution in [3.63, 3.8) is 0 Å². The normalized spacial score (nSPS) is 11.0. The Morgan fingerprint density at radius 3 is 1.95 bits per heavy atom. The molecule has 106 valence electrons. The lowest BCUT2D eigenvalue weighted by Gasteiger charge is -2.22. The highest BCUT2D eigenvalue weighted by Crippen LogP contribution is 2.09. The van der Waals surface area contributed by atoms with Gasteiger partial charge in [0.05, 0.1) is 11.4 Å². The minimum atomic E-state index is -3.63. The third-order valence-corrected chi connectivity index (χ3v) is 3.38. The standard InChI is InChI=1S/C12H20N4O2S/c1-15(2)12(16(3)4)14-9-10-5-7-11(8-6-10)19(13,17)18/h5-8H,9H2,1-4H3,(H2,13,17,18). The highest BCUT2D eigenvalue weighted by Gasteiger charge is 2.07. The molecule has 0 radical (unpaired) electrons. The Kier molecular flexibility index (Phi) is 4.90. The Labute approximate surface area is 114 Å². The van der Waals surface area contributed by atoms with Crippen LogP contribution in [-0.4, -0.2) is 52.4 Å². The van der Waals surface area contributed by atoms with Crippen LogP contribution in [0, 0.1) is 0 Å². The maximum atomic E-state index is 11.1. The number of nitrogens with two attached hydrogens (primary N) is 1. The molecule has 0 atom stereocenters. The molecule has 0 saturated carbocycles. The van der Waals surface area contributed by atoms with Crippen molar-refractivity contribution >= 4 is 16.0 Å². The maximum absolute atomic E-state index is 11.1. The fourth-order valence-corrected chi connectivity index (χ4v) is 2.14. The van der Waals surface area contributed by atoms with Gasteiger partial charge in [-0.05, 0) is 17.7 Å². The molecule has 6 nitrogen and oxygen atoms in total. The van der Waals surface area contributed by atoms with Crippen LogP contribution in [-0.2, 0) is 16.6 Å². The van der Waals surface area contributed by atoms with Gasteiger partial charge in [0.2, 0.25) is 10.0 Å². The summed E-state index contributed by atoms with van der Waals surface area (Å²) in [6, 6.07) is 6.41. The van der Waals surface area contributed by atoms with Crippen molar-refractivity contribution in [2.75, 3.05) is 28.2 Å². The first kappa shape index (κ1) is 15.5. The molecule has 1 aromatic rings. The quantitative estimate of drug-likeness (QED) is 0.640. The maximum Gasteiger partial charge on any atom is 0.238 e. The van der Waals surface area contributed by atoms with Gasteiger partial charge in [-0.25, -0.2) is 18.5 Å². The van der Waals surface area contributed by atoms with Crippen molar-refractivity contribution in [1.82, 2.24) is 9.80 Å². The molecule has 2 N–H and O–H groups in total. The first-order valence-corrected chi connectivity index (χ1v) is 7.27. The largest absolute Gasteiger partial charge is 0.349 e. The van der Waals surface area contributed by atoms with Crippen LogP contribution in [0.4, 0.5) is 0 Å². The van der Waals surface area contributed by atoms with E-state index in [4.69, 9.17) is 5.14 Å². The Morgan fingerprint density at radius 1 is 1.11 bits per heavy atom. The molecule has 0 heterocycles. The monoisotopic (exact) mass is 284 g/mol.